The molecule has 106 valence electrons. The van der Waals surface area contributed by atoms with Gasteiger partial charge in [0, 0.05) is 6.54 Å². The molecule has 0 bridgehead atoms. The standard InChI is InChI=1S/C12H17FN2O3S/c1-4-14-12(16)9(2)15(19(3,17)18)11-7-5-6-10(13)8-11/h5-9H,4H2,1-3H3,(H,14,16). The minimum Gasteiger partial charge on any atom is -0.355 e. The van der Waals surface area contributed by atoms with Gasteiger partial charge in [0.1, 0.15) is 11.9 Å². The Morgan fingerprint density at radius 1 is 1.47 bits per heavy atom. The largest absolute Gasteiger partial charge is 0.355 e. The third-order valence-electron chi connectivity index (χ3n) is 2.50. The summed E-state index contributed by atoms with van der Waals surface area (Å²) >= 11 is 0. The van der Waals surface area contributed by atoms with Gasteiger partial charge in [0.25, 0.3) is 0 Å². The number of hydrogen-bond donors (Lipinski definition) is 1. The third kappa shape index (κ3) is 3.92. The molecule has 0 radical (unpaired) electrons. The van der Waals surface area contributed by atoms with Crippen molar-refractivity contribution in [2.75, 3.05) is 17.1 Å². The number of likely N-dealkylation sites (N-methyl/N-ethyl adjacent to an activating group) is 1. The summed E-state index contributed by atoms with van der Waals surface area (Å²) < 4.78 is 37.7. The third-order valence-corrected chi connectivity index (χ3v) is 3.74. The van der Waals surface area contributed by atoms with E-state index in [1.165, 1.54) is 25.1 Å². The molecule has 0 aliphatic heterocycles. The molecule has 1 amide bonds. The van der Waals surface area contributed by atoms with E-state index in [0.29, 0.717) is 6.54 Å². The molecule has 1 rings (SSSR count). The smallest absolute Gasteiger partial charge is 0.243 e. The lowest BCUT2D eigenvalue weighted by molar-refractivity contribution is -0.121. The number of benzene rings is 1. The first-order chi connectivity index (χ1) is 8.77. The molecule has 1 unspecified atom stereocenters. The van der Waals surface area contributed by atoms with Crippen molar-refractivity contribution in [3.05, 3.63) is 30.1 Å². The second-order valence-corrected chi connectivity index (χ2v) is 5.97. The molecular weight excluding hydrogens is 271 g/mol. The molecule has 0 heterocycles. The van der Waals surface area contributed by atoms with Gasteiger partial charge in [-0.1, -0.05) is 6.07 Å². The van der Waals surface area contributed by atoms with E-state index < -0.39 is 27.8 Å². The highest BCUT2D eigenvalue weighted by atomic mass is 32.2. The number of hydrogen-bond acceptors (Lipinski definition) is 3. The minimum absolute atomic E-state index is 0.126. The molecule has 0 aliphatic carbocycles. The highest BCUT2D eigenvalue weighted by Crippen LogP contribution is 2.21. The van der Waals surface area contributed by atoms with Gasteiger partial charge in [-0.15, -0.1) is 0 Å². The van der Waals surface area contributed by atoms with Gasteiger partial charge in [0.15, 0.2) is 0 Å². The minimum atomic E-state index is -3.69. The SMILES string of the molecule is CCNC(=O)C(C)N(c1cccc(F)c1)S(C)(=O)=O. The summed E-state index contributed by atoms with van der Waals surface area (Å²) in [7, 11) is -3.69. The number of nitrogens with one attached hydrogen (secondary N) is 1. The van der Waals surface area contributed by atoms with Crippen molar-refractivity contribution in [2.24, 2.45) is 0 Å². The van der Waals surface area contributed by atoms with Gasteiger partial charge in [-0.2, -0.15) is 0 Å². The predicted octanol–water partition coefficient (Wildman–Crippen LogP) is 1.12. The summed E-state index contributed by atoms with van der Waals surface area (Å²) in [6.07, 6.45) is 0.980. The summed E-state index contributed by atoms with van der Waals surface area (Å²) in [5.74, 6) is -0.994. The van der Waals surface area contributed by atoms with Gasteiger partial charge in [0.2, 0.25) is 15.9 Å². The molecule has 1 aromatic rings. The number of amides is 1. The van der Waals surface area contributed by atoms with Gasteiger partial charge in [0.05, 0.1) is 11.9 Å². The summed E-state index contributed by atoms with van der Waals surface area (Å²) in [6.45, 7) is 3.58. The highest BCUT2D eigenvalue weighted by molar-refractivity contribution is 7.92. The molecule has 0 spiro atoms. The number of nitrogens with zero attached hydrogens (tertiary/aromatic N) is 1. The van der Waals surface area contributed by atoms with Crippen LogP contribution in [-0.2, 0) is 14.8 Å². The molecule has 5 nitrogen and oxygen atoms in total. The lowest BCUT2D eigenvalue weighted by atomic mass is 10.2. The van der Waals surface area contributed by atoms with E-state index in [-0.39, 0.29) is 5.69 Å². The Morgan fingerprint density at radius 2 is 2.11 bits per heavy atom. The zero-order valence-corrected chi connectivity index (χ0v) is 11.9. The zero-order chi connectivity index (χ0) is 14.6. The lowest BCUT2D eigenvalue weighted by Crippen LogP contribution is -2.47. The van der Waals surface area contributed by atoms with Crippen LogP contribution in [0.4, 0.5) is 10.1 Å². The normalized spacial score (nSPS) is 12.8. The van der Waals surface area contributed by atoms with E-state index in [1.54, 1.807) is 6.92 Å². The van der Waals surface area contributed by atoms with Crippen molar-refractivity contribution in [2.45, 2.75) is 19.9 Å². The second-order valence-electron chi connectivity index (χ2n) is 4.11. The lowest BCUT2D eigenvalue weighted by Gasteiger charge is -2.28. The van der Waals surface area contributed by atoms with Gasteiger partial charge < -0.3 is 5.32 Å². The topological polar surface area (TPSA) is 66.5 Å². The van der Waals surface area contributed by atoms with Gasteiger partial charge in [-0.05, 0) is 32.0 Å². The maximum Gasteiger partial charge on any atom is 0.243 e. The van der Waals surface area contributed by atoms with Crippen LogP contribution >= 0.6 is 0 Å². The Balaban J connectivity index is 3.20. The van der Waals surface area contributed by atoms with Crippen LogP contribution in [0.15, 0.2) is 24.3 Å². The van der Waals surface area contributed by atoms with E-state index in [4.69, 9.17) is 0 Å². The number of carbonyl (C=O) groups is 1. The van der Waals surface area contributed by atoms with Crippen LogP contribution < -0.4 is 9.62 Å². The summed E-state index contributed by atoms with van der Waals surface area (Å²) in [6, 6.07) is 4.18. The maximum absolute atomic E-state index is 13.2. The van der Waals surface area contributed by atoms with Gasteiger partial charge >= 0.3 is 0 Å². The molecule has 19 heavy (non-hydrogen) atoms. The van der Waals surface area contributed by atoms with E-state index >= 15 is 0 Å². The summed E-state index contributed by atoms with van der Waals surface area (Å²) in [5, 5.41) is 2.54. The predicted molar refractivity (Wildman–Crippen MR) is 71.9 cm³/mol. The first kappa shape index (κ1) is 15.4. The van der Waals surface area contributed by atoms with E-state index in [9.17, 15) is 17.6 Å². The number of halogens is 1. The molecule has 0 aromatic heterocycles. The van der Waals surface area contributed by atoms with Crippen LogP contribution in [0.25, 0.3) is 0 Å². The Kier molecular flexibility index (Phi) is 4.88. The number of rotatable bonds is 5. The van der Waals surface area contributed by atoms with E-state index in [0.717, 1.165) is 16.6 Å². The first-order valence-corrected chi connectivity index (χ1v) is 7.65. The van der Waals surface area contributed by atoms with Crippen LogP contribution in [0.2, 0.25) is 0 Å². The van der Waals surface area contributed by atoms with E-state index in [2.05, 4.69) is 5.32 Å². The van der Waals surface area contributed by atoms with Crippen molar-refractivity contribution in [3.63, 3.8) is 0 Å². The summed E-state index contributed by atoms with van der Waals surface area (Å²) in [4.78, 5) is 11.8. The number of anilines is 1. The fourth-order valence-corrected chi connectivity index (χ4v) is 2.91. The quantitative estimate of drug-likeness (QED) is 0.883. The van der Waals surface area contributed by atoms with Crippen LogP contribution in [0, 0.1) is 5.82 Å². The molecular formula is C12H17FN2O3S. The molecule has 0 fully saturated rings. The van der Waals surface area contributed by atoms with E-state index in [1.807, 2.05) is 0 Å². The molecule has 7 heteroatoms. The first-order valence-electron chi connectivity index (χ1n) is 5.80. The van der Waals surface area contributed by atoms with Crippen LogP contribution in [0.1, 0.15) is 13.8 Å². The Morgan fingerprint density at radius 3 is 2.58 bits per heavy atom. The Bertz CT molecular complexity index is 560. The van der Waals surface area contributed by atoms with Crippen molar-refractivity contribution >= 4 is 21.6 Å². The fraction of sp³-hybridized carbons (Fsp3) is 0.417. The van der Waals surface area contributed by atoms with Crippen LogP contribution in [-0.4, -0.2) is 33.2 Å². The average Bonchev–Trinajstić information content (AvgIpc) is 2.27. The molecule has 1 N–H and O–H groups in total. The second kappa shape index (κ2) is 6.01. The highest BCUT2D eigenvalue weighted by Gasteiger charge is 2.28. The van der Waals surface area contributed by atoms with Crippen molar-refractivity contribution in [1.29, 1.82) is 0 Å². The molecule has 0 saturated heterocycles. The average molecular weight is 288 g/mol. The van der Waals surface area contributed by atoms with Gasteiger partial charge in [-0.3, -0.25) is 9.10 Å². The van der Waals surface area contributed by atoms with Crippen LogP contribution in [0.5, 0.6) is 0 Å². The maximum atomic E-state index is 13.2. The molecule has 0 aliphatic rings. The number of carbonyl (C=O) groups excluding carboxylic acids is 1. The van der Waals surface area contributed by atoms with Crippen molar-refractivity contribution in [3.8, 4) is 0 Å². The van der Waals surface area contributed by atoms with Crippen molar-refractivity contribution in [1.82, 2.24) is 5.32 Å². The van der Waals surface area contributed by atoms with Crippen molar-refractivity contribution < 1.29 is 17.6 Å². The molecule has 1 aromatic carbocycles. The molecule has 0 saturated carbocycles. The Labute approximate surface area is 112 Å². The molecule has 1 atom stereocenters. The summed E-state index contributed by atoms with van der Waals surface area (Å²) in [5.41, 5.74) is 0.126. The Hall–Kier alpha value is -1.63. The fourth-order valence-electron chi connectivity index (χ4n) is 1.74. The monoisotopic (exact) mass is 288 g/mol. The van der Waals surface area contributed by atoms with Crippen LogP contribution in [0.3, 0.4) is 0 Å². The number of sulfonamides is 1. The van der Waals surface area contributed by atoms with Gasteiger partial charge in [-0.25, -0.2) is 12.8 Å². The zero-order valence-electron chi connectivity index (χ0n) is 11.1.